The highest BCUT2D eigenvalue weighted by molar-refractivity contribution is 5.79. The van der Waals surface area contributed by atoms with Crippen LogP contribution in [-0.2, 0) is 14.3 Å². The molecular weight excluding hydrogens is 280 g/mol. The number of esters is 1. The molecule has 5 heteroatoms. The molecule has 2 aliphatic rings. The van der Waals surface area contributed by atoms with Crippen molar-refractivity contribution >= 4 is 11.9 Å². The molecular formula is C17H18N2O3. The predicted molar refractivity (Wildman–Crippen MR) is 78.5 cm³/mol. The van der Waals surface area contributed by atoms with Crippen LogP contribution in [0.4, 0.5) is 0 Å². The highest BCUT2D eigenvalue weighted by atomic mass is 16.5. The molecule has 1 aromatic rings. The van der Waals surface area contributed by atoms with E-state index in [1.807, 2.05) is 30.3 Å². The summed E-state index contributed by atoms with van der Waals surface area (Å²) in [5, 5.41) is 9.36. The van der Waals surface area contributed by atoms with Gasteiger partial charge in [-0.1, -0.05) is 30.3 Å². The third kappa shape index (κ3) is 2.96. The summed E-state index contributed by atoms with van der Waals surface area (Å²) in [6, 6.07) is 12.2. The quantitative estimate of drug-likeness (QED) is 0.796. The van der Waals surface area contributed by atoms with Crippen LogP contribution in [0.2, 0.25) is 0 Å². The van der Waals surface area contributed by atoms with Gasteiger partial charge >= 0.3 is 5.97 Å². The third-order valence-electron chi connectivity index (χ3n) is 4.46. The van der Waals surface area contributed by atoms with Crippen molar-refractivity contribution in [2.24, 2.45) is 11.8 Å². The monoisotopic (exact) mass is 298 g/mol. The molecule has 0 bridgehead atoms. The fourth-order valence-electron chi connectivity index (χ4n) is 3.25. The van der Waals surface area contributed by atoms with Crippen LogP contribution in [0.1, 0.15) is 24.3 Å². The lowest BCUT2D eigenvalue weighted by Gasteiger charge is -2.17. The number of cyclic esters (lactones) is 1. The van der Waals surface area contributed by atoms with E-state index in [-0.39, 0.29) is 29.6 Å². The van der Waals surface area contributed by atoms with Crippen molar-refractivity contribution in [3.63, 3.8) is 0 Å². The van der Waals surface area contributed by atoms with Crippen molar-refractivity contribution in [1.29, 1.82) is 5.26 Å². The van der Waals surface area contributed by atoms with E-state index < -0.39 is 0 Å². The molecule has 1 aromatic carbocycles. The van der Waals surface area contributed by atoms with Gasteiger partial charge in [0.2, 0.25) is 5.91 Å². The smallest absolute Gasteiger partial charge is 0.306 e. The summed E-state index contributed by atoms with van der Waals surface area (Å²) in [5.41, 5.74) is 1.10. The molecule has 2 fully saturated rings. The van der Waals surface area contributed by atoms with Crippen molar-refractivity contribution < 1.29 is 14.3 Å². The molecule has 1 amide bonds. The van der Waals surface area contributed by atoms with Crippen molar-refractivity contribution in [2.45, 2.75) is 18.8 Å². The minimum absolute atomic E-state index is 0.0157. The minimum Gasteiger partial charge on any atom is -0.465 e. The summed E-state index contributed by atoms with van der Waals surface area (Å²) in [4.78, 5) is 25.3. The van der Waals surface area contributed by atoms with Crippen LogP contribution in [-0.4, -0.2) is 36.5 Å². The second-order valence-corrected chi connectivity index (χ2v) is 6.01. The Morgan fingerprint density at radius 3 is 2.73 bits per heavy atom. The zero-order valence-corrected chi connectivity index (χ0v) is 12.3. The van der Waals surface area contributed by atoms with Crippen LogP contribution < -0.4 is 0 Å². The Labute approximate surface area is 129 Å². The highest BCUT2D eigenvalue weighted by Gasteiger charge is 2.37. The third-order valence-corrected chi connectivity index (χ3v) is 4.46. The summed E-state index contributed by atoms with van der Waals surface area (Å²) in [6.07, 6.45) is 0.648. The van der Waals surface area contributed by atoms with Gasteiger partial charge in [0.05, 0.1) is 25.0 Å². The second-order valence-electron chi connectivity index (χ2n) is 6.01. The Hall–Kier alpha value is -2.35. The minimum atomic E-state index is -0.226. The first-order chi connectivity index (χ1) is 10.7. The molecule has 2 heterocycles. The van der Waals surface area contributed by atoms with Crippen molar-refractivity contribution in [3.05, 3.63) is 35.9 Å². The standard InChI is InChI=1S/C17H18N2O3/c18-8-14-9-19(10-15(14)13-4-2-1-3-5-13)16(20)6-12-7-17(21)22-11-12/h1-5,12,14-15H,6-7,9-11H2/t12-,14+,15-/m0/s1. The van der Waals surface area contributed by atoms with Gasteiger partial charge in [-0.2, -0.15) is 5.26 Å². The number of ether oxygens (including phenoxy) is 1. The van der Waals surface area contributed by atoms with E-state index in [0.717, 1.165) is 5.56 Å². The zero-order valence-electron chi connectivity index (χ0n) is 12.3. The summed E-state index contributed by atoms with van der Waals surface area (Å²) in [6.45, 7) is 1.38. The topological polar surface area (TPSA) is 70.4 Å². The number of nitriles is 1. The average molecular weight is 298 g/mol. The maximum absolute atomic E-state index is 12.4. The Balaban J connectivity index is 1.65. The fourth-order valence-corrected chi connectivity index (χ4v) is 3.25. The molecule has 0 aromatic heterocycles. The lowest BCUT2D eigenvalue weighted by molar-refractivity contribution is -0.138. The predicted octanol–water partition coefficient (Wildman–Crippen LogP) is 1.71. The highest BCUT2D eigenvalue weighted by Crippen LogP contribution is 2.33. The van der Waals surface area contributed by atoms with Crippen LogP contribution in [0.5, 0.6) is 0 Å². The molecule has 3 rings (SSSR count). The number of amides is 1. The Bertz CT molecular complexity index is 608. The molecule has 114 valence electrons. The van der Waals surface area contributed by atoms with Crippen molar-refractivity contribution in [3.8, 4) is 6.07 Å². The molecule has 2 saturated heterocycles. The van der Waals surface area contributed by atoms with Gasteiger partial charge in [0.25, 0.3) is 0 Å². The number of likely N-dealkylation sites (tertiary alicyclic amines) is 1. The largest absolute Gasteiger partial charge is 0.465 e. The number of carbonyl (C=O) groups excluding carboxylic acids is 2. The fraction of sp³-hybridized carbons (Fsp3) is 0.471. The van der Waals surface area contributed by atoms with E-state index in [1.165, 1.54) is 0 Å². The molecule has 0 radical (unpaired) electrons. The van der Waals surface area contributed by atoms with E-state index >= 15 is 0 Å². The van der Waals surface area contributed by atoms with Gasteiger partial charge in [0, 0.05) is 31.3 Å². The van der Waals surface area contributed by atoms with Crippen LogP contribution in [0.25, 0.3) is 0 Å². The van der Waals surface area contributed by atoms with Crippen LogP contribution in [0.15, 0.2) is 30.3 Å². The Kier molecular flexibility index (Phi) is 4.10. The first-order valence-electron chi connectivity index (χ1n) is 7.55. The van der Waals surface area contributed by atoms with Gasteiger partial charge in [0.15, 0.2) is 0 Å². The van der Waals surface area contributed by atoms with Gasteiger partial charge in [-0.05, 0) is 5.56 Å². The molecule has 0 N–H and O–H groups in total. The second kappa shape index (κ2) is 6.18. The SMILES string of the molecule is N#C[C@@H]1CN(C(=O)C[C@@H]2COC(=O)C2)C[C@H]1c1ccccc1. The molecule has 0 spiro atoms. The molecule has 3 atom stereocenters. The summed E-state index contributed by atoms with van der Waals surface area (Å²) in [5.74, 6) is -0.334. The van der Waals surface area contributed by atoms with Gasteiger partial charge in [-0.15, -0.1) is 0 Å². The van der Waals surface area contributed by atoms with Crippen LogP contribution >= 0.6 is 0 Å². The number of hydrogen-bond acceptors (Lipinski definition) is 4. The van der Waals surface area contributed by atoms with E-state index in [4.69, 9.17) is 4.74 Å². The van der Waals surface area contributed by atoms with E-state index in [1.54, 1.807) is 4.90 Å². The van der Waals surface area contributed by atoms with Gasteiger partial charge < -0.3 is 9.64 Å². The van der Waals surface area contributed by atoms with E-state index in [9.17, 15) is 14.9 Å². The Morgan fingerprint density at radius 2 is 2.09 bits per heavy atom. The molecule has 22 heavy (non-hydrogen) atoms. The number of benzene rings is 1. The summed E-state index contributed by atoms with van der Waals surface area (Å²) < 4.78 is 4.90. The maximum Gasteiger partial charge on any atom is 0.306 e. The normalized spacial score (nSPS) is 27.5. The first-order valence-corrected chi connectivity index (χ1v) is 7.55. The van der Waals surface area contributed by atoms with Gasteiger partial charge in [-0.3, -0.25) is 9.59 Å². The molecule has 2 aliphatic heterocycles. The number of carbonyl (C=O) groups is 2. The number of rotatable bonds is 3. The first kappa shape index (κ1) is 14.6. The Morgan fingerprint density at radius 1 is 1.32 bits per heavy atom. The van der Waals surface area contributed by atoms with Gasteiger partial charge in [0.1, 0.15) is 0 Å². The zero-order chi connectivity index (χ0) is 15.5. The average Bonchev–Trinajstić information content (AvgIpc) is 3.14. The van der Waals surface area contributed by atoms with E-state index in [2.05, 4.69) is 6.07 Å². The summed E-state index contributed by atoms with van der Waals surface area (Å²) in [7, 11) is 0. The van der Waals surface area contributed by atoms with Crippen molar-refractivity contribution in [2.75, 3.05) is 19.7 Å². The number of hydrogen-bond donors (Lipinski definition) is 0. The van der Waals surface area contributed by atoms with Gasteiger partial charge in [-0.25, -0.2) is 0 Å². The van der Waals surface area contributed by atoms with E-state index in [0.29, 0.717) is 32.5 Å². The number of nitrogens with zero attached hydrogens (tertiary/aromatic N) is 2. The van der Waals surface area contributed by atoms with Crippen molar-refractivity contribution in [1.82, 2.24) is 4.90 Å². The van der Waals surface area contributed by atoms with Crippen LogP contribution in [0.3, 0.4) is 0 Å². The lowest BCUT2D eigenvalue weighted by Crippen LogP contribution is -2.30. The lowest BCUT2D eigenvalue weighted by atomic mass is 9.90. The van der Waals surface area contributed by atoms with Crippen LogP contribution in [0, 0.1) is 23.2 Å². The maximum atomic E-state index is 12.4. The molecule has 0 unspecified atom stereocenters. The molecule has 0 aliphatic carbocycles. The summed E-state index contributed by atoms with van der Waals surface area (Å²) >= 11 is 0. The molecule has 0 saturated carbocycles. The molecule has 5 nitrogen and oxygen atoms in total.